The van der Waals surface area contributed by atoms with E-state index >= 15 is 0 Å². The molecule has 3 N–H and O–H groups in total. The molecule has 2 atom stereocenters. The molecule has 2 heterocycles. The lowest BCUT2D eigenvalue weighted by Crippen LogP contribution is -2.64. The molecule has 19 heavy (non-hydrogen) atoms. The number of carbonyl (C=O) groups is 1. The number of fused-ring (bicyclic) bond motifs is 1. The van der Waals surface area contributed by atoms with Crippen LogP contribution in [0.1, 0.15) is 30.6 Å². The van der Waals surface area contributed by atoms with Gasteiger partial charge in [-0.25, -0.2) is 9.50 Å². The number of carbonyl (C=O) groups excluding carboxylic acids is 1. The summed E-state index contributed by atoms with van der Waals surface area (Å²) < 4.78 is 1.59. The maximum atomic E-state index is 12.3. The smallest absolute Gasteiger partial charge is 0.257 e. The topological polar surface area (TPSA) is 85.3 Å². The molecule has 6 heteroatoms. The molecule has 100 valence electrons. The first-order valence-electron chi connectivity index (χ1n) is 6.35. The van der Waals surface area contributed by atoms with Crippen LogP contribution in [0.5, 0.6) is 0 Å². The minimum absolute atomic E-state index is 0.0634. The van der Waals surface area contributed by atoms with E-state index in [1.807, 2.05) is 0 Å². The highest BCUT2D eigenvalue weighted by Crippen LogP contribution is 2.39. The number of nitrogens with zero attached hydrogens (tertiary/aromatic N) is 3. The zero-order chi connectivity index (χ0) is 13.6. The van der Waals surface area contributed by atoms with Crippen LogP contribution in [0, 0.1) is 5.41 Å². The van der Waals surface area contributed by atoms with E-state index in [9.17, 15) is 4.79 Å². The van der Waals surface area contributed by atoms with E-state index in [1.165, 1.54) is 0 Å². The van der Waals surface area contributed by atoms with Crippen molar-refractivity contribution >= 4 is 11.6 Å². The summed E-state index contributed by atoms with van der Waals surface area (Å²) in [5, 5.41) is 7.13. The van der Waals surface area contributed by atoms with Gasteiger partial charge < -0.3 is 11.1 Å². The summed E-state index contributed by atoms with van der Waals surface area (Å²) in [7, 11) is 0. The number of nitrogens with two attached hydrogens (primary N) is 1. The van der Waals surface area contributed by atoms with Crippen LogP contribution in [-0.4, -0.2) is 32.6 Å². The van der Waals surface area contributed by atoms with Gasteiger partial charge in [0.15, 0.2) is 5.65 Å². The molecule has 0 radical (unpaired) electrons. The lowest BCUT2D eigenvalue weighted by molar-refractivity contribution is 0.0587. The molecule has 1 amide bonds. The SMILES string of the molecule is CC1(C)C(N)CC1NC(=O)c1cnn2cccnc12. The molecule has 6 nitrogen and oxygen atoms in total. The van der Waals surface area contributed by atoms with Gasteiger partial charge in [-0.2, -0.15) is 5.10 Å². The Bertz CT molecular complexity index is 633. The molecule has 0 aliphatic heterocycles. The summed E-state index contributed by atoms with van der Waals surface area (Å²) in [4.78, 5) is 16.5. The fourth-order valence-corrected chi connectivity index (χ4v) is 2.43. The predicted molar refractivity (Wildman–Crippen MR) is 70.6 cm³/mol. The average molecular weight is 259 g/mol. The number of amides is 1. The van der Waals surface area contributed by atoms with Crippen molar-refractivity contribution in [3.63, 3.8) is 0 Å². The zero-order valence-corrected chi connectivity index (χ0v) is 11.0. The van der Waals surface area contributed by atoms with Crippen molar-refractivity contribution in [1.82, 2.24) is 19.9 Å². The second-order valence-electron chi connectivity index (χ2n) is 5.64. The van der Waals surface area contributed by atoms with Crippen LogP contribution < -0.4 is 11.1 Å². The summed E-state index contributed by atoms with van der Waals surface area (Å²) in [6.07, 6.45) is 5.77. The first-order chi connectivity index (χ1) is 9.00. The molecular formula is C13H17N5O. The van der Waals surface area contributed by atoms with Crippen molar-refractivity contribution in [3.8, 4) is 0 Å². The van der Waals surface area contributed by atoms with E-state index in [4.69, 9.17) is 5.73 Å². The molecular weight excluding hydrogens is 242 g/mol. The summed E-state index contributed by atoms with van der Waals surface area (Å²) in [5.41, 5.74) is 6.96. The lowest BCUT2D eigenvalue weighted by atomic mass is 9.63. The molecule has 1 fully saturated rings. The predicted octanol–water partition coefficient (Wildman–Crippen LogP) is 0.585. The molecule has 0 bridgehead atoms. The Labute approximate surface area is 111 Å². The van der Waals surface area contributed by atoms with E-state index in [-0.39, 0.29) is 23.4 Å². The Hall–Kier alpha value is -1.95. The van der Waals surface area contributed by atoms with Gasteiger partial charge in [-0.3, -0.25) is 4.79 Å². The summed E-state index contributed by atoms with van der Waals surface area (Å²) in [5.74, 6) is -0.140. The van der Waals surface area contributed by atoms with Crippen LogP contribution in [0.15, 0.2) is 24.7 Å². The molecule has 0 aromatic carbocycles. The highest BCUT2D eigenvalue weighted by Gasteiger charge is 2.46. The van der Waals surface area contributed by atoms with Gasteiger partial charge in [0.1, 0.15) is 5.56 Å². The Kier molecular flexibility index (Phi) is 2.56. The Morgan fingerprint density at radius 2 is 2.37 bits per heavy atom. The largest absolute Gasteiger partial charge is 0.348 e. The quantitative estimate of drug-likeness (QED) is 0.826. The molecule has 2 aromatic heterocycles. The summed E-state index contributed by atoms with van der Waals surface area (Å²) in [6, 6.07) is 2.02. The van der Waals surface area contributed by atoms with Crippen molar-refractivity contribution in [2.24, 2.45) is 11.1 Å². The van der Waals surface area contributed by atoms with Gasteiger partial charge in [0.05, 0.1) is 6.20 Å². The van der Waals surface area contributed by atoms with E-state index in [0.29, 0.717) is 11.2 Å². The van der Waals surface area contributed by atoms with Gasteiger partial charge in [-0.15, -0.1) is 0 Å². The van der Waals surface area contributed by atoms with E-state index < -0.39 is 0 Å². The van der Waals surface area contributed by atoms with Gasteiger partial charge in [0.2, 0.25) is 0 Å². The van der Waals surface area contributed by atoms with Gasteiger partial charge in [0.25, 0.3) is 5.91 Å². The second kappa shape index (κ2) is 4.03. The third-order valence-electron chi connectivity index (χ3n) is 4.17. The van der Waals surface area contributed by atoms with Crippen LogP contribution >= 0.6 is 0 Å². The third-order valence-corrected chi connectivity index (χ3v) is 4.17. The summed E-state index contributed by atoms with van der Waals surface area (Å²) in [6.45, 7) is 4.14. The van der Waals surface area contributed by atoms with E-state index in [0.717, 1.165) is 6.42 Å². The van der Waals surface area contributed by atoms with Crippen molar-refractivity contribution in [2.45, 2.75) is 32.4 Å². The summed E-state index contributed by atoms with van der Waals surface area (Å²) >= 11 is 0. The fourth-order valence-electron chi connectivity index (χ4n) is 2.43. The van der Waals surface area contributed by atoms with Crippen LogP contribution in [-0.2, 0) is 0 Å². The number of nitrogens with one attached hydrogen (secondary N) is 1. The first-order valence-corrected chi connectivity index (χ1v) is 6.35. The number of hydrogen-bond donors (Lipinski definition) is 2. The zero-order valence-electron chi connectivity index (χ0n) is 11.0. The van der Waals surface area contributed by atoms with Gasteiger partial charge in [-0.1, -0.05) is 13.8 Å². The molecule has 2 unspecified atom stereocenters. The molecule has 0 spiro atoms. The Morgan fingerprint density at radius 3 is 3.05 bits per heavy atom. The van der Waals surface area contributed by atoms with Gasteiger partial charge in [-0.05, 0) is 12.5 Å². The highest BCUT2D eigenvalue weighted by molar-refractivity contribution is 5.99. The highest BCUT2D eigenvalue weighted by atomic mass is 16.1. The minimum Gasteiger partial charge on any atom is -0.348 e. The van der Waals surface area contributed by atoms with Crippen molar-refractivity contribution < 1.29 is 4.79 Å². The van der Waals surface area contributed by atoms with Crippen molar-refractivity contribution in [3.05, 3.63) is 30.2 Å². The van der Waals surface area contributed by atoms with Crippen molar-refractivity contribution in [2.75, 3.05) is 0 Å². The van der Waals surface area contributed by atoms with E-state index in [2.05, 4.69) is 29.2 Å². The third kappa shape index (κ3) is 1.79. The van der Waals surface area contributed by atoms with Crippen LogP contribution in [0.4, 0.5) is 0 Å². The first kappa shape index (κ1) is 12.1. The Balaban J connectivity index is 1.82. The maximum Gasteiger partial charge on any atom is 0.257 e. The monoisotopic (exact) mass is 259 g/mol. The average Bonchev–Trinajstić information content (AvgIpc) is 2.82. The number of aromatic nitrogens is 3. The molecule has 0 saturated heterocycles. The van der Waals surface area contributed by atoms with Crippen LogP contribution in [0.25, 0.3) is 5.65 Å². The molecule has 1 aliphatic carbocycles. The van der Waals surface area contributed by atoms with Gasteiger partial charge >= 0.3 is 0 Å². The molecule has 2 aromatic rings. The second-order valence-corrected chi connectivity index (χ2v) is 5.64. The van der Waals surface area contributed by atoms with Crippen LogP contribution in [0.3, 0.4) is 0 Å². The normalized spacial score (nSPS) is 25.0. The number of hydrogen-bond acceptors (Lipinski definition) is 4. The molecule has 1 aliphatic rings. The minimum atomic E-state index is -0.140. The number of rotatable bonds is 2. The fraction of sp³-hybridized carbons (Fsp3) is 0.462. The molecule has 1 saturated carbocycles. The lowest BCUT2D eigenvalue weighted by Gasteiger charge is -2.50. The maximum absolute atomic E-state index is 12.3. The van der Waals surface area contributed by atoms with Gasteiger partial charge in [0, 0.05) is 29.9 Å². The Morgan fingerprint density at radius 1 is 1.58 bits per heavy atom. The van der Waals surface area contributed by atoms with Crippen LogP contribution in [0.2, 0.25) is 0 Å². The standard InChI is InChI=1S/C13H17N5O/c1-13(2)9(14)6-10(13)17-12(19)8-7-16-18-5-3-4-15-11(8)18/h3-5,7,9-10H,6,14H2,1-2H3,(H,17,19). The molecule has 3 rings (SSSR count). The van der Waals surface area contributed by atoms with E-state index in [1.54, 1.807) is 29.2 Å². The van der Waals surface area contributed by atoms with Crippen molar-refractivity contribution in [1.29, 1.82) is 0 Å².